The third kappa shape index (κ3) is 5.52. The number of methoxy groups -OCH3 is 1. The number of para-hydroxylation sites is 1. The van der Waals surface area contributed by atoms with Gasteiger partial charge in [0.1, 0.15) is 5.39 Å². The van der Waals surface area contributed by atoms with Crippen molar-refractivity contribution in [3.63, 3.8) is 0 Å². The minimum absolute atomic E-state index is 0. The largest absolute Gasteiger partial charge is 0.493 e. The van der Waals surface area contributed by atoms with Crippen LogP contribution in [-0.4, -0.2) is 70.5 Å². The SMILES string of the molecule is COc1c(C(=O)NC2CCN(C(=O)[C@H]3CCCN3)CC2)n(C)c2c1c(=O)n(CC(=O)c1ccccc1)c1ccccc21.Cl. The fraction of sp³-hybridized carbons (Fsp3) is 0.375. The lowest BCUT2D eigenvalue weighted by Crippen LogP contribution is -2.50. The molecule has 2 aliphatic rings. The molecule has 4 heterocycles. The number of fused-ring (bicyclic) bond motifs is 3. The zero-order valence-corrected chi connectivity index (χ0v) is 25.1. The molecule has 6 rings (SSSR count). The Morgan fingerprint density at radius 2 is 1.70 bits per heavy atom. The number of likely N-dealkylation sites (tertiary alicyclic amines) is 1. The van der Waals surface area contributed by atoms with E-state index < -0.39 is 5.56 Å². The Labute approximate surface area is 255 Å². The molecule has 0 aliphatic carbocycles. The van der Waals surface area contributed by atoms with Crippen LogP contribution in [0.1, 0.15) is 46.5 Å². The number of aryl methyl sites for hydroxylation is 1. The summed E-state index contributed by atoms with van der Waals surface area (Å²) in [4.78, 5) is 55.6. The molecule has 11 heteroatoms. The molecule has 2 aliphatic heterocycles. The summed E-state index contributed by atoms with van der Waals surface area (Å²) in [6.45, 7) is 1.89. The minimum atomic E-state index is -0.396. The van der Waals surface area contributed by atoms with Gasteiger partial charge in [0.2, 0.25) is 5.91 Å². The Morgan fingerprint density at radius 3 is 2.37 bits per heavy atom. The standard InChI is InChI=1S/C32H35N5O5.ClH/c1-35-27-22-11-6-7-13-24(22)37(19-25(38)20-9-4-3-5-10-20)32(41)26(27)29(42-2)28(35)30(39)34-21-14-17-36(18-15-21)31(40)23-12-8-16-33-23;/h3-7,9-11,13,21,23,33H,8,12,14-19H2,1-2H3,(H,34,39);1H/t23-;/m1./s1. The van der Waals surface area contributed by atoms with Gasteiger partial charge in [-0.1, -0.05) is 48.5 Å². The van der Waals surface area contributed by atoms with Crippen molar-refractivity contribution in [2.24, 2.45) is 7.05 Å². The molecule has 0 saturated carbocycles. The second-order valence-electron chi connectivity index (χ2n) is 11.1. The number of ether oxygens (including phenoxy) is 1. The maximum absolute atomic E-state index is 14.0. The molecule has 0 bridgehead atoms. The van der Waals surface area contributed by atoms with E-state index in [-0.39, 0.29) is 65.5 Å². The summed E-state index contributed by atoms with van der Waals surface area (Å²) in [5.41, 5.74) is 1.54. The molecule has 4 aromatic rings. The van der Waals surface area contributed by atoms with E-state index in [1.54, 1.807) is 35.9 Å². The van der Waals surface area contributed by atoms with Crippen LogP contribution in [0.3, 0.4) is 0 Å². The zero-order valence-electron chi connectivity index (χ0n) is 24.3. The highest BCUT2D eigenvalue weighted by Crippen LogP contribution is 2.35. The second-order valence-corrected chi connectivity index (χ2v) is 11.1. The number of aromatic nitrogens is 2. The Balaban J connectivity index is 0.00000368. The van der Waals surface area contributed by atoms with E-state index in [0.717, 1.165) is 24.8 Å². The molecule has 2 saturated heterocycles. The van der Waals surface area contributed by atoms with Gasteiger partial charge >= 0.3 is 0 Å². The zero-order chi connectivity index (χ0) is 29.4. The van der Waals surface area contributed by atoms with Crippen LogP contribution in [0.5, 0.6) is 5.75 Å². The molecule has 2 aromatic heterocycles. The first-order chi connectivity index (χ1) is 20.4. The summed E-state index contributed by atoms with van der Waals surface area (Å²) in [7, 11) is 3.20. The lowest BCUT2D eigenvalue weighted by molar-refractivity contribution is -0.134. The van der Waals surface area contributed by atoms with Gasteiger partial charge in [0.05, 0.1) is 30.7 Å². The average molecular weight is 606 g/mol. The van der Waals surface area contributed by atoms with Gasteiger partial charge in [0.15, 0.2) is 17.2 Å². The number of pyridine rings is 1. The first-order valence-electron chi connectivity index (χ1n) is 14.5. The molecular formula is C32H36ClN5O5. The van der Waals surface area contributed by atoms with Gasteiger partial charge in [-0.15, -0.1) is 12.4 Å². The van der Waals surface area contributed by atoms with Crippen molar-refractivity contribution in [3.8, 4) is 5.75 Å². The number of halogens is 1. The van der Waals surface area contributed by atoms with Crippen LogP contribution in [-0.2, 0) is 18.4 Å². The molecule has 0 spiro atoms. The summed E-state index contributed by atoms with van der Waals surface area (Å²) >= 11 is 0. The normalized spacial score (nSPS) is 17.2. The molecular weight excluding hydrogens is 570 g/mol. The summed E-state index contributed by atoms with van der Waals surface area (Å²) in [6, 6.07) is 16.0. The van der Waals surface area contributed by atoms with E-state index in [2.05, 4.69) is 10.6 Å². The number of hydrogen-bond donors (Lipinski definition) is 2. The van der Waals surface area contributed by atoms with Crippen LogP contribution < -0.4 is 20.9 Å². The topological polar surface area (TPSA) is 115 Å². The fourth-order valence-corrected chi connectivity index (χ4v) is 6.41. The van der Waals surface area contributed by atoms with E-state index in [9.17, 15) is 19.2 Å². The number of carbonyl (C=O) groups excluding carboxylic acids is 3. The van der Waals surface area contributed by atoms with Crippen LogP contribution in [0, 0.1) is 0 Å². The summed E-state index contributed by atoms with van der Waals surface area (Å²) in [5.74, 6) is -0.213. The van der Waals surface area contributed by atoms with E-state index in [4.69, 9.17) is 4.74 Å². The third-order valence-electron chi connectivity index (χ3n) is 8.58. The summed E-state index contributed by atoms with van der Waals surface area (Å²) < 4.78 is 8.90. The number of Topliss-reactive ketones (excluding diaryl/α,β-unsaturated/α-hetero) is 1. The number of carbonyl (C=O) groups is 3. The van der Waals surface area contributed by atoms with E-state index >= 15 is 0 Å². The van der Waals surface area contributed by atoms with Gasteiger partial charge in [0, 0.05) is 37.1 Å². The Bertz CT molecular complexity index is 1730. The van der Waals surface area contributed by atoms with Crippen molar-refractivity contribution in [1.29, 1.82) is 0 Å². The second kappa shape index (κ2) is 12.6. The van der Waals surface area contributed by atoms with E-state index in [1.807, 2.05) is 35.2 Å². The van der Waals surface area contributed by atoms with Gasteiger partial charge in [-0.05, 0) is 38.3 Å². The molecule has 0 unspecified atom stereocenters. The molecule has 2 N–H and O–H groups in total. The smallest absolute Gasteiger partial charge is 0.272 e. The number of benzene rings is 2. The number of hydrogen-bond acceptors (Lipinski definition) is 6. The van der Waals surface area contributed by atoms with Crippen LogP contribution >= 0.6 is 12.4 Å². The molecule has 2 fully saturated rings. The van der Waals surface area contributed by atoms with Crippen LogP contribution in [0.4, 0.5) is 0 Å². The predicted octanol–water partition coefficient (Wildman–Crippen LogP) is 3.28. The highest BCUT2D eigenvalue weighted by molar-refractivity contribution is 6.12. The van der Waals surface area contributed by atoms with Crippen molar-refractivity contribution in [2.45, 2.75) is 44.3 Å². The van der Waals surface area contributed by atoms with E-state index in [1.165, 1.54) is 11.7 Å². The molecule has 226 valence electrons. The molecule has 2 aromatic carbocycles. The first-order valence-corrected chi connectivity index (χ1v) is 14.5. The van der Waals surface area contributed by atoms with Crippen molar-refractivity contribution in [3.05, 3.63) is 76.2 Å². The third-order valence-corrected chi connectivity index (χ3v) is 8.58. The number of ketones is 1. The fourth-order valence-electron chi connectivity index (χ4n) is 6.41. The number of nitrogens with one attached hydrogen (secondary N) is 2. The average Bonchev–Trinajstić information content (AvgIpc) is 3.66. The highest BCUT2D eigenvalue weighted by atomic mass is 35.5. The lowest BCUT2D eigenvalue weighted by Gasteiger charge is -2.34. The molecule has 43 heavy (non-hydrogen) atoms. The summed E-state index contributed by atoms with van der Waals surface area (Å²) in [6.07, 6.45) is 3.17. The van der Waals surface area contributed by atoms with Gasteiger partial charge < -0.3 is 24.8 Å². The molecule has 2 amide bonds. The molecule has 1 atom stereocenters. The lowest BCUT2D eigenvalue weighted by atomic mass is 10.0. The first kappa shape index (κ1) is 30.3. The number of rotatable bonds is 7. The quantitative estimate of drug-likeness (QED) is 0.313. The maximum atomic E-state index is 14.0. The Kier molecular flexibility index (Phi) is 8.89. The monoisotopic (exact) mass is 605 g/mol. The van der Waals surface area contributed by atoms with Crippen LogP contribution in [0.25, 0.3) is 21.8 Å². The van der Waals surface area contributed by atoms with Gasteiger partial charge in [-0.3, -0.25) is 23.7 Å². The Hall–Kier alpha value is -4.15. The Morgan fingerprint density at radius 1 is 1.00 bits per heavy atom. The van der Waals surface area contributed by atoms with E-state index in [0.29, 0.717) is 42.5 Å². The maximum Gasteiger partial charge on any atom is 0.272 e. The molecule has 10 nitrogen and oxygen atoms in total. The van der Waals surface area contributed by atoms with Crippen LogP contribution in [0.15, 0.2) is 59.4 Å². The minimum Gasteiger partial charge on any atom is -0.493 e. The van der Waals surface area contributed by atoms with Crippen LogP contribution in [0.2, 0.25) is 0 Å². The number of nitrogens with zero attached hydrogens (tertiary/aromatic N) is 3. The van der Waals surface area contributed by atoms with Gasteiger partial charge in [-0.2, -0.15) is 0 Å². The highest BCUT2D eigenvalue weighted by Gasteiger charge is 2.32. The van der Waals surface area contributed by atoms with Crippen molar-refractivity contribution in [2.75, 3.05) is 26.7 Å². The van der Waals surface area contributed by atoms with Gasteiger partial charge in [0.25, 0.3) is 11.5 Å². The molecule has 0 radical (unpaired) electrons. The van der Waals surface area contributed by atoms with Gasteiger partial charge in [-0.25, -0.2) is 0 Å². The summed E-state index contributed by atoms with van der Waals surface area (Å²) in [5, 5.41) is 7.38. The van der Waals surface area contributed by atoms with Crippen molar-refractivity contribution < 1.29 is 19.1 Å². The van der Waals surface area contributed by atoms with Crippen molar-refractivity contribution in [1.82, 2.24) is 24.7 Å². The number of amides is 2. The predicted molar refractivity (Wildman–Crippen MR) is 167 cm³/mol. The number of piperidine rings is 1. The van der Waals surface area contributed by atoms with Crippen molar-refractivity contribution >= 4 is 51.8 Å².